The molecule has 0 amide bonds. The van der Waals surface area contributed by atoms with Gasteiger partial charge in [-0.1, -0.05) is 17.7 Å². The van der Waals surface area contributed by atoms with Crippen molar-refractivity contribution in [3.63, 3.8) is 0 Å². The van der Waals surface area contributed by atoms with Crippen molar-refractivity contribution >= 4 is 11.6 Å². The van der Waals surface area contributed by atoms with E-state index in [9.17, 15) is 0 Å². The van der Waals surface area contributed by atoms with Crippen LogP contribution in [0, 0.1) is 10.5 Å². The molecule has 0 radical (unpaired) electrons. The molecule has 1 nitrogen and oxygen atoms in total. The summed E-state index contributed by atoms with van der Waals surface area (Å²) in [5.74, 6) is 1.60. The molecule has 0 N–H and O–H groups in total. The number of hydrogen-bond acceptors (Lipinski definition) is 1. The van der Waals surface area contributed by atoms with E-state index in [2.05, 4.69) is 13.0 Å². The summed E-state index contributed by atoms with van der Waals surface area (Å²) in [6.07, 6.45) is 0. The number of ether oxygens (including phenoxy) is 1. The minimum Gasteiger partial charge on any atom is -0.457 e. The van der Waals surface area contributed by atoms with Gasteiger partial charge in [0.25, 0.3) is 22.6 Å². The van der Waals surface area contributed by atoms with Gasteiger partial charge in [-0.15, -0.1) is 0 Å². The predicted octanol–water partition coefficient (Wildman–Crippen LogP) is 0.896. The van der Waals surface area contributed by atoms with Crippen LogP contribution in [0.3, 0.4) is 0 Å². The average Bonchev–Trinajstić information content (AvgIpc) is 2.24. The van der Waals surface area contributed by atoms with Crippen LogP contribution >= 0.6 is 11.6 Å². The predicted molar refractivity (Wildman–Crippen MR) is 62.8 cm³/mol. The zero-order valence-electron chi connectivity index (χ0n) is 8.74. The smallest absolute Gasteiger partial charge is 0.296 e. The molecule has 0 saturated heterocycles. The van der Waals surface area contributed by atoms with Gasteiger partial charge < -0.3 is 4.74 Å². The number of hydrogen-bond donors (Lipinski definition) is 0. The highest BCUT2D eigenvalue weighted by atomic mass is 127. The van der Waals surface area contributed by atoms with Crippen LogP contribution in [0.4, 0.5) is 0 Å². The van der Waals surface area contributed by atoms with Crippen LogP contribution in [0.1, 0.15) is 5.56 Å². The molecule has 0 heterocycles. The molecule has 3 heteroatoms. The lowest BCUT2D eigenvalue weighted by molar-refractivity contribution is -0.329. The van der Waals surface area contributed by atoms with Crippen molar-refractivity contribution < 1.29 is 27.3 Å². The number of benzene rings is 2. The molecule has 0 aliphatic heterocycles. The van der Waals surface area contributed by atoms with Crippen LogP contribution in [-0.4, -0.2) is 0 Å². The third-order valence-corrected chi connectivity index (χ3v) is 3.72. The second-order valence-corrected chi connectivity index (χ2v) is 5.18. The van der Waals surface area contributed by atoms with E-state index < -0.39 is 0 Å². The van der Waals surface area contributed by atoms with Crippen molar-refractivity contribution in [3.8, 4) is 11.5 Å². The largest absolute Gasteiger partial charge is 0.457 e. The molecule has 16 heavy (non-hydrogen) atoms. The summed E-state index contributed by atoms with van der Waals surface area (Å²) in [6, 6.07) is 13.4. The summed E-state index contributed by atoms with van der Waals surface area (Å²) < 4.78 is 6.98. The first-order chi connectivity index (χ1) is 7.65. The van der Waals surface area contributed by atoms with Gasteiger partial charge in [0.2, 0.25) is 0 Å². The number of aryl methyl sites for hydroxylation is 1. The molecular formula is C13H11ClIO+. The van der Waals surface area contributed by atoms with Gasteiger partial charge in [0.05, 0.1) is 0 Å². The van der Waals surface area contributed by atoms with E-state index in [1.165, 1.54) is 9.13 Å². The van der Waals surface area contributed by atoms with Crippen LogP contribution in [0.15, 0.2) is 42.5 Å². The third-order valence-electron chi connectivity index (χ3n) is 2.18. The minimum atomic E-state index is 0.682. The topological polar surface area (TPSA) is 9.23 Å². The fourth-order valence-corrected chi connectivity index (χ4v) is 1.89. The fraction of sp³-hybridized carbons (Fsp3) is 0.0769. The first-order valence-corrected chi connectivity index (χ1v) is 6.40. The molecule has 0 atom stereocenters. The Kier molecular flexibility index (Phi) is 3.71. The molecule has 0 aromatic heterocycles. The van der Waals surface area contributed by atoms with Gasteiger partial charge in [-0.25, -0.2) is 0 Å². The van der Waals surface area contributed by atoms with Gasteiger partial charge >= 0.3 is 0 Å². The van der Waals surface area contributed by atoms with E-state index in [1.54, 1.807) is 6.07 Å². The second-order valence-electron chi connectivity index (χ2n) is 3.49. The molecule has 0 fully saturated rings. The number of rotatable bonds is 2. The second kappa shape index (κ2) is 5.06. The Morgan fingerprint density at radius 3 is 2.50 bits per heavy atom. The average molecular weight is 346 g/mol. The molecule has 0 aliphatic carbocycles. The van der Waals surface area contributed by atoms with Gasteiger partial charge in [0.1, 0.15) is 11.5 Å². The minimum absolute atomic E-state index is 0.682. The van der Waals surface area contributed by atoms with Gasteiger partial charge in [-0.2, -0.15) is 0 Å². The molecule has 0 spiro atoms. The van der Waals surface area contributed by atoms with Crippen LogP contribution in [0.25, 0.3) is 0 Å². The van der Waals surface area contributed by atoms with Crippen molar-refractivity contribution in [2.45, 2.75) is 6.92 Å². The first-order valence-electron chi connectivity index (χ1n) is 4.86. The SMILES string of the molecule is Cc1cc(Oc2cccc(Cl)c2)ccc1[IH+]. The van der Waals surface area contributed by atoms with E-state index >= 15 is 0 Å². The normalized spacial score (nSPS) is 10.2. The highest BCUT2D eigenvalue weighted by Gasteiger charge is 2.04. The van der Waals surface area contributed by atoms with Crippen LogP contribution in [0.5, 0.6) is 11.5 Å². The zero-order chi connectivity index (χ0) is 11.5. The maximum absolute atomic E-state index is 5.89. The molecule has 0 saturated carbocycles. The van der Waals surface area contributed by atoms with Crippen LogP contribution < -0.4 is 27.3 Å². The van der Waals surface area contributed by atoms with E-state index in [0.717, 1.165) is 11.5 Å². The maximum atomic E-state index is 5.89. The summed E-state index contributed by atoms with van der Waals surface area (Å²) in [7, 11) is 0. The maximum Gasteiger partial charge on any atom is 0.296 e. The molecule has 82 valence electrons. The Hall–Kier alpha value is -0.740. The van der Waals surface area contributed by atoms with Crippen molar-refractivity contribution in [2.75, 3.05) is 0 Å². The summed E-state index contributed by atoms with van der Waals surface area (Å²) in [5.41, 5.74) is 1.23. The lowest BCUT2D eigenvalue weighted by atomic mass is 10.2. The lowest BCUT2D eigenvalue weighted by Gasteiger charge is -2.06. The van der Waals surface area contributed by atoms with Gasteiger partial charge in [-0.05, 0) is 43.3 Å². The Bertz CT molecular complexity index is 511. The van der Waals surface area contributed by atoms with Crippen molar-refractivity contribution in [3.05, 3.63) is 56.6 Å². The standard InChI is InChI=1S/C13H11ClIO/c1-9-7-12(5-6-13(9)15)16-11-4-2-3-10(14)8-11/h2-8,15H,1H3/q+1. The molecule has 2 aromatic carbocycles. The van der Waals surface area contributed by atoms with Crippen molar-refractivity contribution in [1.29, 1.82) is 0 Å². The summed E-state index contributed by atoms with van der Waals surface area (Å²) in [5, 5.41) is 0.682. The van der Waals surface area contributed by atoms with Crippen LogP contribution in [-0.2, 0) is 0 Å². The van der Waals surface area contributed by atoms with E-state index in [-0.39, 0.29) is 0 Å². The molecular weight excluding hydrogens is 334 g/mol. The van der Waals surface area contributed by atoms with E-state index in [1.807, 2.05) is 52.9 Å². The highest BCUT2D eigenvalue weighted by molar-refractivity contribution is 6.30. The van der Waals surface area contributed by atoms with Crippen LogP contribution in [0.2, 0.25) is 5.02 Å². The van der Waals surface area contributed by atoms with E-state index in [0.29, 0.717) is 5.02 Å². The van der Waals surface area contributed by atoms with Crippen molar-refractivity contribution in [1.82, 2.24) is 0 Å². The summed E-state index contributed by atoms with van der Waals surface area (Å²) in [6.45, 7) is 2.07. The molecule has 2 aromatic rings. The van der Waals surface area contributed by atoms with Gasteiger partial charge in [0.15, 0.2) is 3.57 Å². The lowest BCUT2D eigenvalue weighted by Crippen LogP contribution is -3.34. The highest BCUT2D eigenvalue weighted by Crippen LogP contribution is 2.24. The quantitative estimate of drug-likeness (QED) is 0.735. The summed E-state index contributed by atoms with van der Waals surface area (Å²) >= 11 is 7.90. The third kappa shape index (κ3) is 2.89. The number of halogens is 2. The molecule has 2 rings (SSSR count). The Balaban J connectivity index is 2.24. The summed E-state index contributed by atoms with van der Waals surface area (Å²) in [4.78, 5) is 0. The molecule has 0 unspecified atom stereocenters. The first kappa shape index (κ1) is 11.7. The monoisotopic (exact) mass is 345 g/mol. The Morgan fingerprint density at radius 1 is 1.06 bits per heavy atom. The zero-order valence-corrected chi connectivity index (χ0v) is 11.8. The fourth-order valence-electron chi connectivity index (χ4n) is 1.35. The van der Waals surface area contributed by atoms with Gasteiger partial charge in [0, 0.05) is 10.6 Å². The Labute approximate surface area is 114 Å². The van der Waals surface area contributed by atoms with Gasteiger partial charge in [-0.3, -0.25) is 0 Å². The molecule has 0 aliphatic rings. The van der Waals surface area contributed by atoms with Crippen molar-refractivity contribution in [2.24, 2.45) is 0 Å². The Morgan fingerprint density at radius 2 is 1.81 bits per heavy atom. The van der Waals surface area contributed by atoms with E-state index in [4.69, 9.17) is 16.3 Å². The molecule has 0 bridgehead atoms.